The summed E-state index contributed by atoms with van der Waals surface area (Å²) in [5.74, 6) is -0.373. The fraction of sp³-hybridized carbons (Fsp3) is 0.893. The molecule has 0 bridgehead atoms. The summed E-state index contributed by atoms with van der Waals surface area (Å²) in [6.45, 7) is 8.71. The molecule has 0 N–H and O–H groups in total. The van der Waals surface area contributed by atoms with Gasteiger partial charge < -0.3 is 4.74 Å². The molecular weight excluding hydrogens is 368 g/mol. The van der Waals surface area contributed by atoms with Crippen molar-refractivity contribution in [3.05, 3.63) is 12.7 Å². The molecule has 1 rings (SSSR count). The van der Waals surface area contributed by atoms with Crippen molar-refractivity contribution in [1.29, 1.82) is 0 Å². The van der Waals surface area contributed by atoms with Crippen LogP contribution in [0.25, 0.3) is 0 Å². The molecule has 0 aliphatic heterocycles. The normalized spacial score (nSPS) is 20.0. The largest absolute Gasteiger partial charge is 0.457 e. The van der Waals surface area contributed by atoms with E-state index in [2.05, 4.69) is 6.58 Å². The zero-order valence-corrected chi connectivity index (χ0v) is 21.0. The Morgan fingerprint density at radius 2 is 0.700 bits per heavy atom. The highest BCUT2D eigenvalue weighted by molar-refractivity contribution is 5.81. The second-order valence-electron chi connectivity index (χ2n) is 10.2. The fourth-order valence-electron chi connectivity index (χ4n) is 4.06. The van der Waals surface area contributed by atoms with Crippen LogP contribution >= 0.6 is 0 Å². The van der Waals surface area contributed by atoms with Gasteiger partial charge >= 0.3 is 5.97 Å². The van der Waals surface area contributed by atoms with Gasteiger partial charge in [-0.15, -0.1) is 0 Å². The van der Waals surface area contributed by atoms with Crippen LogP contribution in [0.1, 0.15) is 156 Å². The van der Waals surface area contributed by atoms with Crippen LogP contribution in [0.15, 0.2) is 12.7 Å². The first-order valence-corrected chi connectivity index (χ1v) is 13.3. The molecule has 1 aliphatic rings. The van der Waals surface area contributed by atoms with E-state index in [0.717, 1.165) is 6.08 Å². The Morgan fingerprint density at radius 1 is 0.533 bits per heavy atom. The van der Waals surface area contributed by atoms with E-state index in [9.17, 15) is 4.79 Å². The van der Waals surface area contributed by atoms with Crippen LogP contribution in [0.2, 0.25) is 0 Å². The third-order valence-corrected chi connectivity index (χ3v) is 5.82. The zero-order chi connectivity index (χ0) is 22.3. The van der Waals surface area contributed by atoms with Crippen LogP contribution in [0.3, 0.4) is 0 Å². The average molecular weight is 423 g/mol. The van der Waals surface area contributed by atoms with E-state index in [1.807, 2.05) is 20.8 Å². The Morgan fingerprint density at radius 3 is 0.767 bits per heavy atom. The van der Waals surface area contributed by atoms with E-state index >= 15 is 0 Å². The molecule has 0 unspecified atom stereocenters. The number of carbonyl (C=O) groups is 1. The first-order valence-electron chi connectivity index (χ1n) is 13.3. The smallest absolute Gasteiger partial charge is 0.330 e. The molecule has 0 aromatic rings. The van der Waals surface area contributed by atoms with Crippen LogP contribution in [0.5, 0.6) is 0 Å². The second-order valence-corrected chi connectivity index (χ2v) is 10.2. The molecule has 30 heavy (non-hydrogen) atoms. The predicted molar refractivity (Wildman–Crippen MR) is 133 cm³/mol. The molecule has 178 valence electrons. The summed E-state index contributed by atoms with van der Waals surface area (Å²) in [5, 5.41) is 0. The van der Waals surface area contributed by atoms with Crippen molar-refractivity contribution >= 4 is 5.97 Å². The monoisotopic (exact) mass is 422 g/mol. The van der Waals surface area contributed by atoms with Gasteiger partial charge in [0.15, 0.2) is 0 Å². The summed E-state index contributed by atoms with van der Waals surface area (Å²) in [7, 11) is 0. The molecule has 1 saturated carbocycles. The summed E-state index contributed by atoms with van der Waals surface area (Å²) < 4.78 is 4.83. The van der Waals surface area contributed by atoms with Crippen LogP contribution in [0, 0.1) is 0 Å². The van der Waals surface area contributed by atoms with Crippen molar-refractivity contribution in [2.45, 2.75) is 161 Å². The summed E-state index contributed by atoms with van der Waals surface area (Å²) in [6.07, 6.45) is 32.7. The van der Waals surface area contributed by atoms with Gasteiger partial charge in [-0.1, -0.05) is 141 Å². The highest BCUT2D eigenvalue weighted by atomic mass is 16.6. The first-order chi connectivity index (χ1) is 14.5. The summed E-state index contributed by atoms with van der Waals surface area (Å²) >= 11 is 0. The van der Waals surface area contributed by atoms with E-state index in [0.29, 0.717) is 0 Å². The third kappa shape index (κ3) is 25.2. The molecule has 0 aromatic heterocycles. The van der Waals surface area contributed by atoms with E-state index in [-0.39, 0.29) is 5.97 Å². The fourth-order valence-corrected chi connectivity index (χ4v) is 4.06. The number of rotatable bonds is 1. The number of carbonyl (C=O) groups excluding carboxylic acids is 1. The molecule has 0 saturated heterocycles. The molecule has 1 aliphatic carbocycles. The highest BCUT2D eigenvalue weighted by Crippen LogP contribution is 2.16. The van der Waals surface area contributed by atoms with Gasteiger partial charge in [-0.25, -0.2) is 4.79 Å². The SMILES string of the molecule is C1CCCCCCCCCCCCCCCCCCCC1.C=CC(=O)OC(C)(C)C. The third-order valence-electron chi connectivity index (χ3n) is 5.82. The Hall–Kier alpha value is -0.790. The first kappa shape index (κ1) is 29.2. The van der Waals surface area contributed by atoms with E-state index in [4.69, 9.17) is 4.74 Å². The molecule has 2 nitrogen and oxygen atoms in total. The molecule has 1 fully saturated rings. The van der Waals surface area contributed by atoms with Crippen LogP contribution in [-0.2, 0) is 9.53 Å². The minimum Gasteiger partial charge on any atom is -0.457 e. The van der Waals surface area contributed by atoms with Crippen molar-refractivity contribution in [3.63, 3.8) is 0 Å². The molecule has 0 aromatic carbocycles. The van der Waals surface area contributed by atoms with E-state index < -0.39 is 5.60 Å². The molecule has 2 heteroatoms. The van der Waals surface area contributed by atoms with Gasteiger partial charge in [0.05, 0.1) is 0 Å². The lowest BCUT2D eigenvalue weighted by Gasteiger charge is -2.17. The van der Waals surface area contributed by atoms with Gasteiger partial charge in [-0.3, -0.25) is 0 Å². The lowest BCUT2D eigenvalue weighted by Crippen LogP contribution is -2.22. The van der Waals surface area contributed by atoms with Crippen molar-refractivity contribution in [1.82, 2.24) is 0 Å². The summed E-state index contributed by atoms with van der Waals surface area (Å²) in [4.78, 5) is 10.5. The number of ether oxygens (including phenoxy) is 1. The molecule has 0 atom stereocenters. The maximum atomic E-state index is 10.5. The van der Waals surface area contributed by atoms with Crippen molar-refractivity contribution < 1.29 is 9.53 Å². The Kier molecular flexibility index (Phi) is 20.9. The number of hydrogen-bond donors (Lipinski definition) is 0. The Bertz CT molecular complexity index is 288. The standard InChI is InChI=1S/C21H42.C7H12O2/c1-2-4-6-8-10-12-14-16-18-20-21-19-17-15-13-11-9-7-5-3-1;1-5-6(8)9-7(2,3)4/h1-21H2;5H,1H2,2-4H3. The minimum atomic E-state index is -0.398. The highest BCUT2D eigenvalue weighted by Gasteiger charge is 2.12. The van der Waals surface area contributed by atoms with Gasteiger partial charge in [0, 0.05) is 6.08 Å². The maximum absolute atomic E-state index is 10.5. The lowest BCUT2D eigenvalue weighted by atomic mass is 10.0. The van der Waals surface area contributed by atoms with Gasteiger partial charge in [0.25, 0.3) is 0 Å². The van der Waals surface area contributed by atoms with Crippen molar-refractivity contribution in [3.8, 4) is 0 Å². The second kappa shape index (κ2) is 21.4. The average Bonchev–Trinajstić information content (AvgIpc) is 2.69. The molecule has 0 amide bonds. The van der Waals surface area contributed by atoms with Crippen molar-refractivity contribution in [2.75, 3.05) is 0 Å². The zero-order valence-electron chi connectivity index (χ0n) is 21.0. The lowest BCUT2D eigenvalue weighted by molar-refractivity contribution is -0.148. The quantitative estimate of drug-likeness (QED) is 0.310. The summed E-state index contributed by atoms with van der Waals surface area (Å²) in [6, 6.07) is 0. The maximum Gasteiger partial charge on any atom is 0.330 e. The van der Waals surface area contributed by atoms with Crippen molar-refractivity contribution in [2.24, 2.45) is 0 Å². The predicted octanol–water partition coefficient (Wildman–Crippen LogP) is 9.71. The van der Waals surface area contributed by atoms with E-state index in [1.54, 1.807) is 0 Å². The van der Waals surface area contributed by atoms with Gasteiger partial charge in [0.2, 0.25) is 0 Å². The van der Waals surface area contributed by atoms with Gasteiger partial charge in [-0.2, -0.15) is 0 Å². The van der Waals surface area contributed by atoms with Gasteiger partial charge in [-0.05, 0) is 20.8 Å². The van der Waals surface area contributed by atoms with Gasteiger partial charge in [0.1, 0.15) is 5.60 Å². The Labute approximate surface area is 189 Å². The minimum absolute atomic E-state index is 0.373. The van der Waals surface area contributed by atoms with E-state index in [1.165, 1.54) is 135 Å². The number of hydrogen-bond acceptors (Lipinski definition) is 2. The molecular formula is C28H54O2. The number of esters is 1. The summed E-state index contributed by atoms with van der Waals surface area (Å²) in [5.41, 5.74) is -0.398. The van der Waals surface area contributed by atoms with Crippen LogP contribution in [-0.4, -0.2) is 11.6 Å². The Balaban J connectivity index is 0.000000787. The van der Waals surface area contributed by atoms with Crippen LogP contribution < -0.4 is 0 Å². The topological polar surface area (TPSA) is 26.3 Å². The molecule has 0 heterocycles. The molecule has 0 spiro atoms. The van der Waals surface area contributed by atoms with Crippen LogP contribution in [0.4, 0.5) is 0 Å². The molecule has 0 radical (unpaired) electrons.